The number of nitrogens with zero attached hydrogens (tertiary/aromatic N) is 1. The molecule has 2 bridgehead atoms. The van der Waals surface area contributed by atoms with Crippen molar-refractivity contribution in [2.45, 2.75) is 83.7 Å². The summed E-state index contributed by atoms with van der Waals surface area (Å²) in [5.74, 6) is -2.19. The van der Waals surface area contributed by atoms with Gasteiger partial charge in [0, 0.05) is 13.1 Å². The maximum atomic E-state index is 13.8. The van der Waals surface area contributed by atoms with E-state index in [1.54, 1.807) is 11.9 Å². The predicted molar refractivity (Wildman–Crippen MR) is 111 cm³/mol. The Balaban J connectivity index is 2.16. The number of likely N-dealkylation sites (tertiary alicyclic amines) is 1. The summed E-state index contributed by atoms with van der Waals surface area (Å²) in [6.07, 6.45) is 1.28. The minimum absolute atomic E-state index is 0.00723. The summed E-state index contributed by atoms with van der Waals surface area (Å²) in [7, 11) is 1.56. The van der Waals surface area contributed by atoms with Gasteiger partial charge in [0.2, 0.25) is 17.7 Å². The number of hydrogen-bond acceptors (Lipinski definition) is 5. The molecule has 0 saturated carbocycles. The van der Waals surface area contributed by atoms with Gasteiger partial charge >= 0.3 is 0 Å². The Hall–Kier alpha value is -1.67. The highest BCUT2D eigenvalue weighted by atomic mass is 16.5. The molecule has 8 heteroatoms. The summed E-state index contributed by atoms with van der Waals surface area (Å²) >= 11 is 0. The maximum Gasteiger partial charge on any atom is 0.246 e. The first-order valence-corrected chi connectivity index (χ1v) is 11.1. The number of rotatable bonds is 7. The van der Waals surface area contributed by atoms with E-state index in [9.17, 15) is 19.5 Å². The van der Waals surface area contributed by atoms with E-state index < -0.39 is 35.1 Å². The van der Waals surface area contributed by atoms with Crippen LogP contribution in [0, 0.1) is 23.7 Å². The monoisotopic (exact) mass is 423 g/mol. The summed E-state index contributed by atoms with van der Waals surface area (Å²) in [4.78, 5) is 41.8. The smallest absolute Gasteiger partial charge is 0.246 e. The van der Waals surface area contributed by atoms with Gasteiger partial charge in [-0.2, -0.15) is 0 Å². The molecule has 0 radical (unpaired) electrons. The predicted octanol–water partition coefficient (Wildman–Crippen LogP) is 0.675. The van der Waals surface area contributed by atoms with E-state index in [1.165, 1.54) is 0 Å². The Kier molecular flexibility index (Phi) is 5.97. The lowest BCUT2D eigenvalue weighted by atomic mass is 9.62. The van der Waals surface area contributed by atoms with E-state index in [1.807, 2.05) is 41.5 Å². The Morgan fingerprint density at radius 2 is 1.93 bits per heavy atom. The van der Waals surface area contributed by atoms with E-state index >= 15 is 0 Å². The van der Waals surface area contributed by atoms with E-state index in [2.05, 4.69) is 10.6 Å². The van der Waals surface area contributed by atoms with Gasteiger partial charge in [-0.1, -0.05) is 27.2 Å². The lowest BCUT2D eigenvalue weighted by Gasteiger charge is -2.39. The number of fused-ring (bicyclic) bond motifs is 1. The third-order valence-corrected chi connectivity index (χ3v) is 7.81. The molecule has 3 unspecified atom stereocenters. The Labute approximate surface area is 179 Å². The van der Waals surface area contributed by atoms with Crippen LogP contribution in [0.25, 0.3) is 0 Å². The van der Waals surface area contributed by atoms with E-state index in [0.29, 0.717) is 6.42 Å². The second kappa shape index (κ2) is 7.79. The molecule has 0 aromatic carbocycles. The largest absolute Gasteiger partial charge is 0.394 e. The van der Waals surface area contributed by atoms with Gasteiger partial charge in [0.25, 0.3) is 0 Å². The molecule has 0 aromatic heterocycles. The van der Waals surface area contributed by atoms with Crippen molar-refractivity contribution in [3.05, 3.63) is 0 Å². The fourth-order valence-electron chi connectivity index (χ4n) is 6.07. The molecule has 1 spiro atoms. The molecule has 3 aliphatic rings. The number of ether oxygens (including phenoxy) is 1. The van der Waals surface area contributed by atoms with Crippen LogP contribution in [0.1, 0.15) is 54.4 Å². The molecule has 3 aliphatic heterocycles. The molecule has 3 rings (SSSR count). The molecule has 170 valence electrons. The molecule has 3 amide bonds. The average molecular weight is 424 g/mol. The van der Waals surface area contributed by atoms with E-state index in [0.717, 1.165) is 6.42 Å². The Morgan fingerprint density at radius 1 is 1.30 bits per heavy atom. The molecule has 3 heterocycles. The van der Waals surface area contributed by atoms with Gasteiger partial charge in [-0.25, -0.2) is 0 Å². The van der Waals surface area contributed by atoms with Crippen LogP contribution in [0.2, 0.25) is 0 Å². The van der Waals surface area contributed by atoms with Crippen LogP contribution in [0.5, 0.6) is 0 Å². The van der Waals surface area contributed by atoms with Gasteiger partial charge in [0.05, 0.1) is 30.1 Å². The topological polar surface area (TPSA) is 108 Å². The number of carbonyl (C=O) groups is 3. The van der Waals surface area contributed by atoms with Crippen molar-refractivity contribution in [3.8, 4) is 0 Å². The fraction of sp³-hybridized carbons (Fsp3) is 0.864. The van der Waals surface area contributed by atoms with Crippen molar-refractivity contribution in [2.75, 3.05) is 13.7 Å². The third kappa shape index (κ3) is 2.98. The van der Waals surface area contributed by atoms with Gasteiger partial charge in [0.15, 0.2) is 0 Å². The van der Waals surface area contributed by atoms with Gasteiger partial charge in [-0.3, -0.25) is 14.4 Å². The van der Waals surface area contributed by atoms with Crippen molar-refractivity contribution in [1.82, 2.24) is 15.5 Å². The average Bonchev–Trinajstić information content (AvgIpc) is 3.18. The molecule has 3 N–H and O–H groups in total. The van der Waals surface area contributed by atoms with Crippen LogP contribution < -0.4 is 10.6 Å². The molecule has 3 saturated heterocycles. The van der Waals surface area contributed by atoms with E-state index in [4.69, 9.17) is 4.74 Å². The molecule has 0 aliphatic carbocycles. The summed E-state index contributed by atoms with van der Waals surface area (Å²) < 4.78 is 6.58. The van der Waals surface area contributed by atoms with Crippen LogP contribution in [-0.4, -0.2) is 70.7 Å². The molecular weight excluding hydrogens is 386 g/mol. The fourth-order valence-corrected chi connectivity index (χ4v) is 6.07. The number of carbonyl (C=O) groups excluding carboxylic acids is 3. The summed E-state index contributed by atoms with van der Waals surface area (Å²) in [5.41, 5.74) is -1.88. The van der Waals surface area contributed by atoms with Crippen LogP contribution in [0.4, 0.5) is 0 Å². The number of amides is 3. The van der Waals surface area contributed by atoms with Crippen LogP contribution in [0.15, 0.2) is 0 Å². The molecule has 0 aromatic rings. The van der Waals surface area contributed by atoms with Crippen molar-refractivity contribution in [2.24, 2.45) is 23.7 Å². The molecule has 30 heavy (non-hydrogen) atoms. The van der Waals surface area contributed by atoms with Gasteiger partial charge in [0.1, 0.15) is 11.6 Å². The number of nitrogens with one attached hydrogen (secondary N) is 2. The SMILES string of the molecule is CC[C@H](C)[C@H](CO)N1C(=O)[C@@H]2[C@@H](C(=O)NC)[C@]3(C)OC2(CC3C)C1C(=O)NC(C)C. The van der Waals surface area contributed by atoms with Crippen molar-refractivity contribution < 1.29 is 24.2 Å². The van der Waals surface area contributed by atoms with Gasteiger partial charge < -0.3 is 25.4 Å². The minimum atomic E-state index is -1.07. The van der Waals surface area contributed by atoms with Gasteiger partial charge in [-0.05, 0) is 39.0 Å². The van der Waals surface area contributed by atoms with E-state index in [-0.39, 0.29) is 42.2 Å². The highest BCUT2D eigenvalue weighted by Gasteiger charge is 2.80. The molecular formula is C22H37N3O5. The number of aliphatic hydroxyl groups is 1. The third-order valence-electron chi connectivity index (χ3n) is 7.81. The Bertz CT molecular complexity index is 728. The molecule has 8 atom stereocenters. The van der Waals surface area contributed by atoms with Crippen molar-refractivity contribution >= 4 is 17.7 Å². The summed E-state index contributed by atoms with van der Waals surface area (Å²) in [5, 5.41) is 15.8. The van der Waals surface area contributed by atoms with Crippen LogP contribution in [-0.2, 0) is 19.1 Å². The van der Waals surface area contributed by atoms with Crippen molar-refractivity contribution in [1.29, 1.82) is 0 Å². The number of aliphatic hydroxyl groups excluding tert-OH is 1. The van der Waals surface area contributed by atoms with Crippen LogP contribution in [0.3, 0.4) is 0 Å². The normalized spacial score (nSPS) is 39.2. The summed E-state index contributed by atoms with van der Waals surface area (Å²) in [6.45, 7) is 11.4. The number of hydrogen-bond donors (Lipinski definition) is 3. The lowest BCUT2D eigenvalue weighted by Crippen LogP contribution is -2.60. The zero-order valence-electron chi connectivity index (χ0n) is 19.2. The zero-order chi connectivity index (χ0) is 22.6. The van der Waals surface area contributed by atoms with Crippen molar-refractivity contribution in [3.63, 3.8) is 0 Å². The highest BCUT2D eigenvalue weighted by molar-refractivity contribution is 5.99. The second-order valence-corrected chi connectivity index (χ2v) is 9.86. The molecule has 8 nitrogen and oxygen atoms in total. The van der Waals surface area contributed by atoms with Crippen LogP contribution >= 0.6 is 0 Å². The first-order valence-electron chi connectivity index (χ1n) is 11.1. The quantitative estimate of drug-likeness (QED) is 0.558. The zero-order valence-corrected chi connectivity index (χ0v) is 19.2. The molecule has 3 fully saturated rings. The first kappa shape index (κ1) is 23.0. The Morgan fingerprint density at radius 3 is 2.43 bits per heavy atom. The van der Waals surface area contributed by atoms with Gasteiger partial charge in [-0.15, -0.1) is 0 Å². The lowest BCUT2D eigenvalue weighted by molar-refractivity contribution is -0.152. The highest BCUT2D eigenvalue weighted by Crippen LogP contribution is 2.65. The summed E-state index contributed by atoms with van der Waals surface area (Å²) in [6, 6.07) is -1.49. The maximum absolute atomic E-state index is 13.8. The minimum Gasteiger partial charge on any atom is -0.394 e. The second-order valence-electron chi connectivity index (χ2n) is 9.86. The first-order chi connectivity index (χ1) is 14.0. The standard InChI is InChI=1S/C22H37N3O5/c1-8-12(4)14(10-26)25-17(19(28)24-11(2)3)22-9-13(5)21(6,30-22)15(18(27)23-7)16(22)20(25)29/h11-17,26H,8-10H2,1-7H3,(H,23,27)(H,24,28)/t12-,13?,14-,15-,16-,17?,21+,22?/m0/s1.